The van der Waals surface area contributed by atoms with Gasteiger partial charge < -0.3 is 5.32 Å². The van der Waals surface area contributed by atoms with Gasteiger partial charge in [-0.05, 0) is 19.3 Å². The molecule has 0 aromatic heterocycles. The van der Waals surface area contributed by atoms with E-state index in [1.807, 2.05) is 11.8 Å². The molecular formula is C11H19N3O. The summed E-state index contributed by atoms with van der Waals surface area (Å²) in [6.07, 6.45) is 3.82. The Morgan fingerprint density at radius 3 is 2.93 bits per heavy atom. The number of likely N-dealkylation sites (N-methyl/N-ethyl adjacent to an activating group) is 1. The molecule has 15 heavy (non-hydrogen) atoms. The molecule has 0 aromatic carbocycles. The van der Waals surface area contributed by atoms with Crippen molar-refractivity contribution < 1.29 is 4.79 Å². The molecule has 2 unspecified atom stereocenters. The molecule has 1 aliphatic rings. The number of hydrogen-bond donors (Lipinski definition) is 1. The Bertz CT molecular complexity index is 259. The average Bonchev–Trinajstić information content (AvgIpc) is 2.30. The van der Waals surface area contributed by atoms with Gasteiger partial charge in [0.05, 0.1) is 18.2 Å². The van der Waals surface area contributed by atoms with E-state index in [0.717, 1.165) is 32.2 Å². The Kier molecular flexibility index (Phi) is 4.57. The second-order valence-corrected chi connectivity index (χ2v) is 3.92. The zero-order chi connectivity index (χ0) is 11.3. The third kappa shape index (κ3) is 2.69. The van der Waals surface area contributed by atoms with Gasteiger partial charge in [0.2, 0.25) is 5.91 Å². The zero-order valence-electron chi connectivity index (χ0n) is 9.49. The van der Waals surface area contributed by atoms with Gasteiger partial charge in [0.15, 0.2) is 0 Å². The van der Waals surface area contributed by atoms with Crippen LogP contribution < -0.4 is 5.32 Å². The van der Waals surface area contributed by atoms with Crippen LogP contribution in [-0.4, -0.2) is 36.5 Å². The van der Waals surface area contributed by atoms with Crippen LogP contribution in [0.5, 0.6) is 0 Å². The van der Waals surface area contributed by atoms with Gasteiger partial charge in [-0.2, -0.15) is 5.26 Å². The van der Waals surface area contributed by atoms with Crippen molar-refractivity contribution in [2.45, 2.75) is 44.7 Å². The van der Waals surface area contributed by atoms with E-state index in [1.165, 1.54) is 0 Å². The lowest BCUT2D eigenvalue weighted by molar-refractivity contribution is -0.127. The van der Waals surface area contributed by atoms with Gasteiger partial charge >= 0.3 is 0 Å². The summed E-state index contributed by atoms with van der Waals surface area (Å²) in [5, 5.41) is 11.7. The molecule has 0 aliphatic carbocycles. The molecule has 0 spiro atoms. The highest BCUT2D eigenvalue weighted by molar-refractivity contribution is 5.81. The quantitative estimate of drug-likeness (QED) is 0.751. The van der Waals surface area contributed by atoms with Crippen LogP contribution in [0.3, 0.4) is 0 Å². The zero-order valence-corrected chi connectivity index (χ0v) is 9.49. The lowest BCUT2D eigenvalue weighted by Gasteiger charge is -2.36. The second kappa shape index (κ2) is 5.72. The number of piperidine rings is 1. The maximum Gasteiger partial charge on any atom is 0.237 e. The lowest BCUT2D eigenvalue weighted by Crippen LogP contribution is -2.52. The highest BCUT2D eigenvalue weighted by Crippen LogP contribution is 2.20. The van der Waals surface area contributed by atoms with E-state index in [-0.39, 0.29) is 18.0 Å². The fourth-order valence-electron chi connectivity index (χ4n) is 2.18. The fourth-order valence-corrected chi connectivity index (χ4v) is 2.18. The van der Waals surface area contributed by atoms with Gasteiger partial charge in [0.25, 0.3) is 0 Å². The Balaban J connectivity index is 2.73. The van der Waals surface area contributed by atoms with Crippen LogP contribution in [0, 0.1) is 11.3 Å². The van der Waals surface area contributed by atoms with E-state index >= 15 is 0 Å². The third-order valence-corrected chi connectivity index (χ3v) is 3.03. The van der Waals surface area contributed by atoms with Crippen molar-refractivity contribution >= 4 is 5.91 Å². The maximum atomic E-state index is 11.7. The second-order valence-electron chi connectivity index (χ2n) is 3.92. The predicted molar refractivity (Wildman–Crippen MR) is 58.1 cm³/mol. The van der Waals surface area contributed by atoms with E-state index in [2.05, 4.69) is 11.4 Å². The van der Waals surface area contributed by atoms with Gasteiger partial charge in [0.1, 0.15) is 0 Å². The van der Waals surface area contributed by atoms with Crippen LogP contribution in [0.1, 0.15) is 32.6 Å². The molecule has 0 bridgehead atoms. The Labute approximate surface area is 91.2 Å². The van der Waals surface area contributed by atoms with Crippen molar-refractivity contribution in [2.24, 2.45) is 0 Å². The molecule has 1 saturated heterocycles. The third-order valence-electron chi connectivity index (χ3n) is 3.03. The summed E-state index contributed by atoms with van der Waals surface area (Å²) in [6, 6.07) is 2.05. The molecule has 1 aliphatic heterocycles. The van der Waals surface area contributed by atoms with E-state index in [1.54, 1.807) is 7.05 Å². The Morgan fingerprint density at radius 2 is 2.40 bits per heavy atom. The van der Waals surface area contributed by atoms with E-state index in [9.17, 15) is 4.79 Å². The number of nitrogens with zero attached hydrogens (tertiary/aromatic N) is 2. The molecule has 1 amide bonds. The van der Waals surface area contributed by atoms with Crippen LogP contribution in [-0.2, 0) is 4.79 Å². The standard InChI is InChI=1S/C11H19N3O/c1-3-9(8-12)14-7-5-4-6-10(14)11(15)13-2/h9-10H,3-7H2,1-2H3,(H,13,15). The Hall–Kier alpha value is -1.08. The molecule has 4 heteroatoms. The fraction of sp³-hybridized carbons (Fsp3) is 0.818. The first kappa shape index (κ1) is 12.0. The molecule has 1 fully saturated rings. The Morgan fingerprint density at radius 1 is 1.67 bits per heavy atom. The van der Waals surface area contributed by atoms with Crippen LogP contribution in [0.4, 0.5) is 0 Å². The number of amides is 1. The first-order chi connectivity index (χ1) is 7.24. The van der Waals surface area contributed by atoms with Crippen molar-refractivity contribution in [3.8, 4) is 6.07 Å². The van der Waals surface area contributed by atoms with E-state index in [0.29, 0.717) is 0 Å². The van der Waals surface area contributed by atoms with Crippen molar-refractivity contribution in [1.29, 1.82) is 5.26 Å². The normalized spacial score (nSPS) is 24.2. The largest absolute Gasteiger partial charge is 0.358 e. The highest BCUT2D eigenvalue weighted by Gasteiger charge is 2.32. The molecule has 1 N–H and O–H groups in total. The molecule has 0 aromatic rings. The molecule has 4 nitrogen and oxygen atoms in total. The molecule has 0 radical (unpaired) electrons. The molecule has 0 saturated carbocycles. The highest BCUT2D eigenvalue weighted by atomic mass is 16.2. The number of rotatable bonds is 3. The number of likely N-dealkylation sites (tertiary alicyclic amines) is 1. The van der Waals surface area contributed by atoms with Gasteiger partial charge in [-0.25, -0.2) is 0 Å². The minimum atomic E-state index is -0.118. The minimum absolute atomic E-state index is 0.0448. The minimum Gasteiger partial charge on any atom is -0.358 e. The van der Waals surface area contributed by atoms with E-state index < -0.39 is 0 Å². The van der Waals surface area contributed by atoms with Crippen molar-refractivity contribution in [1.82, 2.24) is 10.2 Å². The number of carbonyl (C=O) groups excluding carboxylic acids is 1. The number of nitrogens with one attached hydrogen (secondary N) is 1. The summed E-state index contributed by atoms with van der Waals surface area (Å²) in [7, 11) is 1.66. The molecule has 84 valence electrons. The summed E-state index contributed by atoms with van der Waals surface area (Å²) in [6.45, 7) is 2.85. The predicted octanol–water partition coefficient (Wildman–Crippen LogP) is 0.889. The number of nitriles is 1. The van der Waals surface area contributed by atoms with Gasteiger partial charge in [-0.3, -0.25) is 9.69 Å². The monoisotopic (exact) mass is 209 g/mol. The van der Waals surface area contributed by atoms with Crippen LogP contribution in [0.2, 0.25) is 0 Å². The van der Waals surface area contributed by atoms with Crippen LogP contribution in [0.25, 0.3) is 0 Å². The summed E-state index contributed by atoms with van der Waals surface area (Å²) < 4.78 is 0. The summed E-state index contributed by atoms with van der Waals surface area (Å²) in [5.74, 6) is 0.0448. The maximum absolute atomic E-state index is 11.7. The van der Waals surface area contributed by atoms with Crippen LogP contribution >= 0.6 is 0 Å². The van der Waals surface area contributed by atoms with E-state index in [4.69, 9.17) is 5.26 Å². The summed E-state index contributed by atoms with van der Waals surface area (Å²) in [4.78, 5) is 13.7. The first-order valence-corrected chi connectivity index (χ1v) is 5.61. The summed E-state index contributed by atoms with van der Waals surface area (Å²) in [5.41, 5.74) is 0. The number of hydrogen-bond acceptors (Lipinski definition) is 3. The smallest absolute Gasteiger partial charge is 0.237 e. The first-order valence-electron chi connectivity index (χ1n) is 5.61. The van der Waals surface area contributed by atoms with Crippen LogP contribution in [0.15, 0.2) is 0 Å². The lowest BCUT2D eigenvalue weighted by atomic mass is 9.98. The SMILES string of the molecule is CCC(C#N)N1CCCCC1C(=O)NC. The van der Waals surface area contributed by atoms with Gasteiger partial charge in [-0.1, -0.05) is 13.3 Å². The molecule has 1 rings (SSSR count). The summed E-state index contributed by atoms with van der Waals surface area (Å²) >= 11 is 0. The topological polar surface area (TPSA) is 56.1 Å². The molecule has 2 atom stereocenters. The van der Waals surface area contributed by atoms with Crippen molar-refractivity contribution in [3.63, 3.8) is 0 Å². The van der Waals surface area contributed by atoms with Gasteiger partial charge in [0, 0.05) is 13.6 Å². The van der Waals surface area contributed by atoms with Crippen molar-refractivity contribution in [3.05, 3.63) is 0 Å². The molecule has 1 heterocycles. The molecular weight excluding hydrogens is 190 g/mol. The average molecular weight is 209 g/mol. The van der Waals surface area contributed by atoms with Crippen molar-refractivity contribution in [2.75, 3.05) is 13.6 Å². The van der Waals surface area contributed by atoms with Gasteiger partial charge in [-0.15, -0.1) is 0 Å². The number of carbonyl (C=O) groups is 1.